The molecule has 13 nitrogen and oxygen atoms in total. The van der Waals surface area contributed by atoms with E-state index in [2.05, 4.69) is 5.32 Å². The van der Waals surface area contributed by atoms with Crippen molar-refractivity contribution < 1.29 is 57.6 Å². The van der Waals surface area contributed by atoms with Gasteiger partial charge in [0.1, 0.15) is 18.8 Å². The molecule has 0 aromatic rings. The number of carboxylic acid groups (broad SMARTS) is 1. The summed E-state index contributed by atoms with van der Waals surface area (Å²) in [7, 11) is 0. The van der Waals surface area contributed by atoms with Crippen LogP contribution in [0.2, 0.25) is 0 Å². The molecule has 1 heterocycles. The Bertz CT molecular complexity index is 823. The first-order chi connectivity index (χ1) is 16.6. The number of hydrogen-bond donors (Lipinski definition) is 2. The van der Waals surface area contributed by atoms with Crippen molar-refractivity contribution in [1.29, 1.82) is 0 Å². The minimum Gasteiger partial charge on any atom is -0.478 e. The Hall–Kier alpha value is -3.48. The van der Waals surface area contributed by atoms with E-state index in [1.165, 1.54) is 13.8 Å². The Morgan fingerprint density at radius 2 is 1.37 bits per heavy atom. The van der Waals surface area contributed by atoms with Gasteiger partial charge in [-0.3, -0.25) is 19.2 Å². The summed E-state index contributed by atoms with van der Waals surface area (Å²) in [6.45, 7) is 5.69. The van der Waals surface area contributed by atoms with Crippen molar-refractivity contribution in [2.45, 2.75) is 84.0 Å². The molecule has 0 radical (unpaired) electrons. The van der Waals surface area contributed by atoms with E-state index in [9.17, 15) is 28.8 Å². The average molecular weight is 501 g/mol. The second kappa shape index (κ2) is 14.7. The van der Waals surface area contributed by atoms with Crippen molar-refractivity contribution in [1.82, 2.24) is 5.32 Å². The molecule has 196 valence electrons. The highest BCUT2D eigenvalue weighted by atomic mass is 16.7. The number of esters is 4. The van der Waals surface area contributed by atoms with Gasteiger partial charge in [-0.25, -0.2) is 9.59 Å². The molecule has 1 rings (SSSR count). The minimum atomic E-state index is -1.62. The first-order valence-electron chi connectivity index (χ1n) is 11.2. The average Bonchev–Trinajstić information content (AvgIpc) is 2.83. The predicted molar refractivity (Wildman–Crippen MR) is 115 cm³/mol. The fourth-order valence-electron chi connectivity index (χ4n) is 2.90. The van der Waals surface area contributed by atoms with E-state index < -0.39 is 73.0 Å². The standard InChI is InChI=1S/C22H31NO12/c1-5-13(24)23-19-21(34-17(29)8-4)20(33-16(28)7-3)12(11-31-15(27)6-2)32-22(19)35-18(30)10-9-14(25)26/h9-10,12,19-22H,5-8,11H2,1-4H3,(H,23,24)(H,25,26)/b10-9+/t12-,19-,20-,21-,22-/m1/s1. The van der Waals surface area contributed by atoms with Crippen LogP contribution >= 0.6 is 0 Å². The summed E-state index contributed by atoms with van der Waals surface area (Å²) in [4.78, 5) is 71.2. The van der Waals surface area contributed by atoms with Gasteiger partial charge in [0.05, 0.1) is 0 Å². The molecule has 0 aliphatic carbocycles. The van der Waals surface area contributed by atoms with Gasteiger partial charge < -0.3 is 34.1 Å². The summed E-state index contributed by atoms with van der Waals surface area (Å²) in [5.74, 6) is -5.09. The highest BCUT2D eigenvalue weighted by molar-refractivity contribution is 5.90. The number of nitrogens with one attached hydrogen (secondary N) is 1. The monoisotopic (exact) mass is 501 g/mol. The number of hydrogen-bond acceptors (Lipinski definition) is 11. The molecule has 0 unspecified atom stereocenters. The van der Waals surface area contributed by atoms with Crippen LogP contribution in [0.5, 0.6) is 0 Å². The summed E-state index contributed by atoms with van der Waals surface area (Å²) >= 11 is 0. The molecule has 2 N–H and O–H groups in total. The highest BCUT2D eigenvalue weighted by Gasteiger charge is 2.52. The molecule has 5 atom stereocenters. The maximum Gasteiger partial charge on any atom is 0.333 e. The fraction of sp³-hybridized carbons (Fsp3) is 0.636. The van der Waals surface area contributed by atoms with Crippen LogP contribution < -0.4 is 5.32 Å². The van der Waals surface area contributed by atoms with Crippen molar-refractivity contribution in [3.8, 4) is 0 Å². The van der Waals surface area contributed by atoms with Crippen molar-refractivity contribution in [2.75, 3.05) is 6.61 Å². The Morgan fingerprint density at radius 1 is 0.800 bits per heavy atom. The number of carbonyl (C=O) groups excluding carboxylic acids is 5. The lowest BCUT2D eigenvalue weighted by Gasteiger charge is -2.44. The van der Waals surface area contributed by atoms with Crippen LogP contribution in [-0.2, 0) is 52.5 Å². The third-order valence-corrected chi connectivity index (χ3v) is 4.70. The van der Waals surface area contributed by atoms with Gasteiger partial charge in [-0.1, -0.05) is 27.7 Å². The molecule has 1 fully saturated rings. The Balaban J connectivity index is 3.45. The third-order valence-electron chi connectivity index (χ3n) is 4.70. The van der Waals surface area contributed by atoms with Crippen LogP contribution in [0.3, 0.4) is 0 Å². The molecule has 0 aromatic heterocycles. The van der Waals surface area contributed by atoms with E-state index in [4.69, 9.17) is 28.8 Å². The third kappa shape index (κ3) is 9.73. The van der Waals surface area contributed by atoms with E-state index in [0.717, 1.165) is 0 Å². The van der Waals surface area contributed by atoms with Crippen LogP contribution in [0, 0.1) is 0 Å². The molecule has 0 saturated carbocycles. The number of carboxylic acids is 1. The van der Waals surface area contributed by atoms with E-state index in [1.54, 1.807) is 13.8 Å². The second-order valence-corrected chi connectivity index (χ2v) is 7.25. The number of carbonyl (C=O) groups is 6. The SMILES string of the molecule is CCC(=O)N[C@H]1[C@@H](OC(=O)/C=C/C(=O)O)O[C@H](COC(=O)CC)[C@@H](OC(=O)CC)[C@@H]1OC(=O)CC. The van der Waals surface area contributed by atoms with Gasteiger partial charge in [0.25, 0.3) is 0 Å². The number of rotatable bonds is 12. The van der Waals surface area contributed by atoms with Gasteiger partial charge in [-0.05, 0) is 0 Å². The van der Waals surface area contributed by atoms with Crippen molar-refractivity contribution in [2.24, 2.45) is 0 Å². The molecular weight excluding hydrogens is 470 g/mol. The molecule has 1 amide bonds. The number of ether oxygens (including phenoxy) is 5. The lowest BCUT2D eigenvalue weighted by molar-refractivity contribution is -0.270. The fourth-order valence-corrected chi connectivity index (χ4v) is 2.90. The summed E-state index contributed by atoms with van der Waals surface area (Å²) in [5.41, 5.74) is 0. The van der Waals surface area contributed by atoms with Gasteiger partial charge in [-0.2, -0.15) is 0 Å². The van der Waals surface area contributed by atoms with Crippen LogP contribution in [0.1, 0.15) is 53.4 Å². The molecular formula is C22H31NO12. The highest BCUT2D eigenvalue weighted by Crippen LogP contribution is 2.28. The largest absolute Gasteiger partial charge is 0.478 e. The summed E-state index contributed by atoms with van der Waals surface area (Å²) in [6, 6.07) is -1.34. The molecule has 35 heavy (non-hydrogen) atoms. The van der Waals surface area contributed by atoms with Gasteiger partial charge in [0, 0.05) is 37.8 Å². The Labute approximate surface area is 202 Å². The molecule has 1 aliphatic rings. The first-order valence-corrected chi connectivity index (χ1v) is 11.2. The lowest BCUT2D eigenvalue weighted by atomic mass is 9.95. The van der Waals surface area contributed by atoms with Crippen LogP contribution in [0.4, 0.5) is 0 Å². The van der Waals surface area contributed by atoms with Gasteiger partial charge >= 0.3 is 29.8 Å². The first kappa shape index (κ1) is 29.6. The molecule has 0 bridgehead atoms. The Kier molecular flexibility index (Phi) is 12.4. The van der Waals surface area contributed by atoms with E-state index in [-0.39, 0.29) is 25.7 Å². The van der Waals surface area contributed by atoms with Crippen LogP contribution in [-0.4, -0.2) is 78.1 Å². The Morgan fingerprint density at radius 3 is 1.89 bits per heavy atom. The molecule has 1 aliphatic heterocycles. The van der Waals surface area contributed by atoms with Gasteiger partial charge in [0.15, 0.2) is 12.2 Å². The zero-order valence-corrected chi connectivity index (χ0v) is 20.0. The number of aliphatic carboxylic acids is 1. The van der Waals surface area contributed by atoms with E-state index in [0.29, 0.717) is 12.2 Å². The molecule has 0 spiro atoms. The van der Waals surface area contributed by atoms with Crippen molar-refractivity contribution in [3.63, 3.8) is 0 Å². The summed E-state index contributed by atoms with van der Waals surface area (Å²) < 4.78 is 26.9. The lowest BCUT2D eigenvalue weighted by Crippen LogP contribution is -2.67. The van der Waals surface area contributed by atoms with Gasteiger partial charge in [0.2, 0.25) is 12.2 Å². The maximum atomic E-state index is 12.2. The summed E-state index contributed by atoms with van der Waals surface area (Å²) in [6.07, 6.45) is -4.53. The quantitative estimate of drug-likeness (QED) is 0.213. The number of amides is 1. The van der Waals surface area contributed by atoms with Crippen molar-refractivity contribution >= 4 is 35.8 Å². The molecule has 0 aromatic carbocycles. The summed E-state index contributed by atoms with van der Waals surface area (Å²) in [5, 5.41) is 11.3. The topological polar surface area (TPSA) is 181 Å². The molecule has 1 saturated heterocycles. The van der Waals surface area contributed by atoms with Crippen molar-refractivity contribution in [3.05, 3.63) is 12.2 Å². The predicted octanol–water partition coefficient (Wildman–Crippen LogP) is 0.387. The zero-order valence-electron chi connectivity index (χ0n) is 20.0. The second-order valence-electron chi connectivity index (χ2n) is 7.25. The normalized spacial score (nSPS) is 23.7. The van der Waals surface area contributed by atoms with Crippen LogP contribution in [0.25, 0.3) is 0 Å². The minimum absolute atomic E-state index is 0.00147. The van der Waals surface area contributed by atoms with Crippen LogP contribution in [0.15, 0.2) is 12.2 Å². The van der Waals surface area contributed by atoms with E-state index >= 15 is 0 Å². The maximum absolute atomic E-state index is 12.2. The van der Waals surface area contributed by atoms with E-state index in [1.807, 2.05) is 0 Å². The zero-order chi connectivity index (χ0) is 26.5. The molecule has 13 heteroatoms. The van der Waals surface area contributed by atoms with Gasteiger partial charge in [-0.15, -0.1) is 0 Å². The smallest absolute Gasteiger partial charge is 0.333 e.